The molecule has 7 heteroatoms. The molecular weight excluding hydrogens is 366 g/mol. The van der Waals surface area contributed by atoms with E-state index in [2.05, 4.69) is 21.5 Å². The molecule has 7 nitrogen and oxygen atoms in total. The highest BCUT2D eigenvalue weighted by atomic mass is 16.5. The maximum absolute atomic E-state index is 9.16. The van der Waals surface area contributed by atoms with Crippen molar-refractivity contribution in [1.82, 2.24) is 14.4 Å². The average Bonchev–Trinajstić information content (AvgIpc) is 3.35. The van der Waals surface area contributed by atoms with E-state index in [0.717, 1.165) is 58.3 Å². The highest BCUT2D eigenvalue weighted by Crippen LogP contribution is 2.34. The van der Waals surface area contributed by atoms with Gasteiger partial charge in [0.2, 0.25) is 0 Å². The summed E-state index contributed by atoms with van der Waals surface area (Å²) in [6.07, 6.45) is 6.98. The number of imidazole rings is 1. The standard InChI is InChI=1S/C22H19N5O2/c1-29-17-4-2-3-15(12-17)21-22(27-10-9-23-13-20(27)25-21)24-16-6-7-18-14(11-16)5-8-19(18)26-28/h2-4,6-7,9-13,24,28H,5,8H2,1H3/b26-19-. The fourth-order valence-corrected chi connectivity index (χ4v) is 3.79. The van der Waals surface area contributed by atoms with Gasteiger partial charge in [0.25, 0.3) is 0 Å². The van der Waals surface area contributed by atoms with Crippen LogP contribution in [0.5, 0.6) is 5.75 Å². The first-order valence-electron chi connectivity index (χ1n) is 9.34. The number of nitrogens with one attached hydrogen (secondary N) is 1. The van der Waals surface area contributed by atoms with Gasteiger partial charge in [-0.15, -0.1) is 0 Å². The molecular formula is C22H19N5O2. The number of oxime groups is 1. The van der Waals surface area contributed by atoms with E-state index in [0.29, 0.717) is 0 Å². The van der Waals surface area contributed by atoms with Gasteiger partial charge in [0.05, 0.1) is 19.0 Å². The Labute approximate surface area is 167 Å². The number of ether oxygens (including phenoxy) is 1. The predicted octanol–water partition coefficient (Wildman–Crippen LogP) is 4.27. The number of methoxy groups -OCH3 is 1. The summed E-state index contributed by atoms with van der Waals surface area (Å²) < 4.78 is 7.36. The SMILES string of the molecule is COc1cccc(-c2nc3cnccn3c2Nc2ccc3c(c2)CC/C3=N/O)c1. The number of rotatable bonds is 4. The molecule has 144 valence electrons. The van der Waals surface area contributed by atoms with Gasteiger partial charge in [-0.25, -0.2) is 4.98 Å². The van der Waals surface area contributed by atoms with Crippen molar-refractivity contribution in [1.29, 1.82) is 0 Å². The number of fused-ring (bicyclic) bond motifs is 2. The molecule has 0 spiro atoms. The zero-order chi connectivity index (χ0) is 19.8. The van der Waals surface area contributed by atoms with Crippen LogP contribution in [0.25, 0.3) is 16.9 Å². The van der Waals surface area contributed by atoms with Gasteiger partial charge < -0.3 is 15.3 Å². The van der Waals surface area contributed by atoms with Crippen LogP contribution in [-0.4, -0.2) is 32.4 Å². The Morgan fingerprint density at radius 1 is 1.17 bits per heavy atom. The van der Waals surface area contributed by atoms with Gasteiger partial charge in [0.1, 0.15) is 17.3 Å². The third kappa shape index (κ3) is 2.97. The monoisotopic (exact) mass is 385 g/mol. The van der Waals surface area contributed by atoms with E-state index in [9.17, 15) is 0 Å². The molecule has 4 aromatic rings. The maximum atomic E-state index is 9.16. The van der Waals surface area contributed by atoms with Gasteiger partial charge in [0, 0.05) is 29.2 Å². The van der Waals surface area contributed by atoms with Crippen LogP contribution in [-0.2, 0) is 6.42 Å². The molecule has 0 unspecified atom stereocenters. The predicted molar refractivity (Wildman–Crippen MR) is 111 cm³/mol. The topological polar surface area (TPSA) is 84.0 Å². The number of hydrogen-bond acceptors (Lipinski definition) is 6. The van der Waals surface area contributed by atoms with Crippen LogP contribution in [0.1, 0.15) is 17.5 Å². The number of aromatic nitrogens is 3. The zero-order valence-corrected chi connectivity index (χ0v) is 15.8. The molecule has 0 amide bonds. The fourth-order valence-electron chi connectivity index (χ4n) is 3.79. The molecule has 0 fully saturated rings. The number of hydrogen-bond donors (Lipinski definition) is 2. The van der Waals surface area contributed by atoms with Crippen molar-refractivity contribution in [3.8, 4) is 17.0 Å². The molecule has 0 saturated heterocycles. The van der Waals surface area contributed by atoms with Crippen molar-refractivity contribution in [3.05, 3.63) is 72.2 Å². The molecule has 29 heavy (non-hydrogen) atoms. The Morgan fingerprint density at radius 2 is 2.10 bits per heavy atom. The van der Waals surface area contributed by atoms with E-state index < -0.39 is 0 Å². The first-order chi connectivity index (χ1) is 14.3. The van der Waals surface area contributed by atoms with Crippen molar-refractivity contribution in [2.45, 2.75) is 12.8 Å². The van der Waals surface area contributed by atoms with Gasteiger partial charge in [-0.3, -0.25) is 9.38 Å². The van der Waals surface area contributed by atoms with Crippen molar-refractivity contribution >= 4 is 22.9 Å². The molecule has 1 aliphatic carbocycles. The second-order valence-corrected chi connectivity index (χ2v) is 6.89. The van der Waals surface area contributed by atoms with Crippen LogP contribution in [0.4, 0.5) is 11.5 Å². The van der Waals surface area contributed by atoms with Crippen molar-refractivity contribution in [2.24, 2.45) is 5.16 Å². The Kier molecular flexibility index (Phi) is 4.13. The Balaban J connectivity index is 1.61. The lowest BCUT2D eigenvalue weighted by molar-refractivity contribution is 0.318. The first kappa shape index (κ1) is 17.2. The molecule has 1 aliphatic rings. The number of benzene rings is 2. The first-order valence-corrected chi connectivity index (χ1v) is 9.34. The lowest BCUT2D eigenvalue weighted by atomic mass is 10.1. The minimum absolute atomic E-state index is 0.740. The summed E-state index contributed by atoms with van der Waals surface area (Å²) in [5, 5.41) is 16.1. The van der Waals surface area contributed by atoms with Gasteiger partial charge in [0.15, 0.2) is 5.65 Å². The third-order valence-electron chi connectivity index (χ3n) is 5.20. The van der Waals surface area contributed by atoms with Crippen LogP contribution < -0.4 is 10.1 Å². The Hall–Kier alpha value is -3.87. The summed E-state index contributed by atoms with van der Waals surface area (Å²) in [5.74, 6) is 1.63. The van der Waals surface area contributed by atoms with Crippen LogP contribution in [0.3, 0.4) is 0 Å². The summed E-state index contributed by atoms with van der Waals surface area (Å²) in [4.78, 5) is 8.98. The van der Waals surface area contributed by atoms with Crippen molar-refractivity contribution in [2.75, 3.05) is 12.4 Å². The molecule has 0 bridgehead atoms. The molecule has 2 aromatic carbocycles. The molecule has 0 atom stereocenters. The Morgan fingerprint density at radius 3 is 2.97 bits per heavy atom. The van der Waals surface area contributed by atoms with Crippen LogP contribution >= 0.6 is 0 Å². The lowest BCUT2D eigenvalue weighted by Gasteiger charge is -2.11. The molecule has 2 heterocycles. The van der Waals surface area contributed by atoms with Gasteiger partial charge >= 0.3 is 0 Å². The van der Waals surface area contributed by atoms with E-state index in [-0.39, 0.29) is 0 Å². The second-order valence-electron chi connectivity index (χ2n) is 6.89. The third-order valence-corrected chi connectivity index (χ3v) is 5.20. The van der Waals surface area contributed by atoms with Crippen LogP contribution in [0.2, 0.25) is 0 Å². The van der Waals surface area contributed by atoms with E-state index in [1.54, 1.807) is 19.5 Å². The minimum atomic E-state index is 0.740. The largest absolute Gasteiger partial charge is 0.497 e. The summed E-state index contributed by atoms with van der Waals surface area (Å²) in [5.41, 5.74) is 6.38. The normalized spacial score (nSPS) is 14.3. The summed E-state index contributed by atoms with van der Waals surface area (Å²) in [6, 6.07) is 13.9. The van der Waals surface area contributed by atoms with Gasteiger partial charge in [-0.2, -0.15) is 0 Å². The highest BCUT2D eigenvalue weighted by molar-refractivity contribution is 6.04. The van der Waals surface area contributed by atoms with E-state index >= 15 is 0 Å². The average molecular weight is 385 g/mol. The lowest BCUT2D eigenvalue weighted by Crippen LogP contribution is -1.99. The van der Waals surface area contributed by atoms with Crippen LogP contribution in [0.15, 0.2) is 66.2 Å². The molecule has 0 aliphatic heterocycles. The number of nitrogens with zero attached hydrogens (tertiary/aromatic N) is 4. The fraction of sp³-hybridized carbons (Fsp3) is 0.136. The van der Waals surface area contributed by atoms with Gasteiger partial charge in [-0.05, 0) is 42.7 Å². The molecule has 0 radical (unpaired) electrons. The quantitative estimate of drug-likeness (QED) is 0.405. The van der Waals surface area contributed by atoms with Crippen molar-refractivity contribution in [3.63, 3.8) is 0 Å². The zero-order valence-electron chi connectivity index (χ0n) is 15.8. The van der Waals surface area contributed by atoms with Crippen molar-refractivity contribution < 1.29 is 9.94 Å². The van der Waals surface area contributed by atoms with Gasteiger partial charge in [-0.1, -0.05) is 23.4 Å². The molecule has 2 N–H and O–H groups in total. The van der Waals surface area contributed by atoms with E-state index in [4.69, 9.17) is 14.9 Å². The van der Waals surface area contributed by atoms with E-state index in [1.165, 1.54) is 5.56 Å². The highest BCUT2D eigenvalue weighted by Gasteiger charge is 2.20. The number of anilines is 2. The molecule has 2 aromatic heterocycles. The van der Waals surface area contributed by atoms with E-state index in [1.807, 2.05) is 47.0 Å². The summed E-state index contributed by atoms with van der Waals surface area (Å²) in [6.45, 7) is 0. The number of aryl methyl sites for hydroxylation is 1. The van der Waals surface area contributed by atoms with Crippen LogP contribution in [0, 0.1) is 0 Å². The molecule has 5 rings (SSSR count). The summed E-state index contributed by atoms with van der Waals surface area (Å²) >= 11 is 0. The maximum Gasteiger partial charge on any atom is 0.157 e. The summed E-state index contributed by atoms with van der Waals surface area (Å²) in [7, 11) is 1.65. The molecule has 0 saturated carbocycles. The minimum Gasteiger partial charge on any atom is -0.497 e. The smallest absolute Gasteiger partial charge is 0.157 e. The Bertz CT molecular complexity index is 1250. The second kappa shape index (κ2) is 6.94.